The number of benzene rings is 1. The molecule has 9 heteroatoms. The Labute approximate surface area is 227 Å². The molecule has 0 bridgehead atoms. The van der Waals surface area contributed by atoms with Crippen LogP contribution in [0.3, 0.4) is 0 Å². The highest BCUT2D eigenvalue weighted by Crippen LogP contribution is 2.35. The molecular weight excluding hydrogens is 492 g/mol. The Morgan fingerprint density at radius 1 is 1.14 bits per heavy atom. The molecule has 1 atom stereocenters. The number of amides is 3. The number of unbranched alkanes of at least 4 members (excludes halogenated alkanes) is 1. The molecule has 0 spiro atoms. The molecule has 2 rings (SSSR count). The zero-order valence-electron chi connectivity index (χ0n) is 23.1. The molecule has 1 aliphatic rings. The van der Waals surface area contributed by atoms with Gasteiger partial charge in [-0.2, -0.15) is 0 Å². The fraction of sp³-hybridized carbons (Fsp3) is 0.679. The van der Waals surface area contributed by atoms with Gasteiger partial charge in [0.15, 0.2) is 0 Å². The molecule has 0 heterocycles. The maximum atomic E-state index is 13.2. The summed E-state index contributed by atoms with van der Waals surface area (Å²) in [6, 6.07) is 7.44. The van der Waals surface area contributed by atoms with Gasteiger partial charge in [0.25, 0.3) is 0 Å². The first-order chi connectivity index (χ1) is 17.5. The Bertz CT molecular complexity index is 867. The third-order valence-electron chi connectivity index (χ3n) is 7.14. The van der Waals surface area contributed by atoms with Gasteiger partial charge in [-0.25, -0.2) is 4.79 Å². The number of nitrogens with one attached hydrogen (secondary N) is 3. The van der Waals surface area contributed by atoms with Crippen LogP contribution in [0.1, 0.15) is 71.3 Å². The smallest absolute Gasteiger partial charge is 0.407 e. The summed E-state index contributed by atoms with van der Waals surface area (Å²) in [4.78, 5) is 39.6. The molecule has 8 nitrogen and oxygen atoms in total. The quantitative estimate of drug-likeness (QED) is 0.326. The van der Waals surface area contributed by atoms with Gasteiger partial charge in [0, 0.05) is 16.6 Å². The Morgan fingerprint density at radius 3 is 2.35 bits per heavy atom. The molecule has 1 aliphatic carbocycles. The number of halogens is 1. The molecular formula is C28H45ClN4O4. The van der Waals surface area contributed by atoms with E-state index < -0.39 is 18.0 Å². The summed E-state index contributed by atoms with van der Waals surface area (Å²) in [6.45, 7) is 6.12. The van der Waals surface area contributed by atoms with Crippen LogP contribution in [0, 0.1) is 5.92 Å². The topological polar surface area (TPSA) is 99.8 Å². The second-order valence-electron chi connectivity index (χ2n) is 10.8. The highest BCUT2D eigenvalue weighted by Gasteiger charge is 2.38. The van der Waals surface area contributed by atoms with Crippen LogP contribution in [0.5, 0.6) is 0 Å². The predicted octanol–water partition coefficient (Wildman–Crippen LogP) is 4.30. The summed E-state index contributed by atoms with van der Waals surface area (Å²) in [5.74, 6) is -0.366. The first-order valence-electron chi connectivity index (χ1n) is 13.5. The summed E-state index contributed by atoms with van der Waals surface area (Å²) >= 11 is 6.06. The zero-order chi connectivity index (χ0) is 27.4. The van der Waals surface area contributed by atoms with E-state index in [4.69, 9.17) is 16.3 Å². The summed E-state index contributed by atoms with van der Waals surface area (Å²) in [5.41, 5.74) is 1.28. The summed E-state index contributed by atoms with van der Waals surface area (Å²) in [6.07, 6.45) is 6.15. The van der Waals surface area contributed by atoms with Crippen molar-refractivity contribution in [3.8, 4) is 0 Å². The molecule has 1 saturated carbocycles. The molecule has 1 aromatic rings. The predicted molar refractivity (Wildman–Crippen MR) is 148 cm³/mol. The molecule has 37 heavy (non-hydrogen) atoms. The lowest BCUT2D eigenvalue weighted by molar-refractivity contribution is -0.129. The second kappa shape index (κ2) is 15.2. The number of ether oxygens (including phenoxy) is 1. The molecule has 3 N–H and O–H groups in total. The fourth-order valence-corrected chi connectivity index (χ4v) is 4.95. The first-order valence-corrected chi connectivity index (χ1v) is 13.8. The third kappa shape index (κ3) is 10.5. The van der Waals surface area contributed by atoms with Crippen LogP contribution in [0.2, 0.25) is 5.02 Å². The maximum absolute atomic E-state index is 13.2. The van der Waals surface area contributed by atoms with Gasteiger partial charge in [0.2, 0.25) is 11.8 Å². The molecule has 1 aromatic carbocycles. The van der Waals surface area contributed by atoms with E-state index in [-0.39, 0.29) is 30.0 Å². The van der Waals surface area contributed by atoms with Gasteiger partial charge in [0.1, 0.15) is 12.6 Å². The van der Waals surface area contributed by atoms with E-state index in [2.05, 4.69) is 47.1 Å². The summed E-state index contributed by atoms with van der Waals surface area (Å²) in [5, 5.41) is 9.15. The zero-order valence-corrected chi connectivity index (χ0v) is 23.8. The van der Waals surface area contributed by atoms with Crippen molar-refractivity contribution in [2.45, 2.75) is 89.8 Å². The van der Waals surface area contributed by atoms with E-state index in [9.17, 15) is 14.4 Å². The number of likely N-dealkylation sites (N-methyl/N-ethyl adjacent to an activating group) is 1. The highest BCUT2D eigenvalue weighted by atomic mass is 35.5. The van der Waals surface area contributed by atoms with E-state index in [1.807, 2.05) is 32.9 Å². The standard InChI is InChI=1S/C28H45ClN4O4/c1-6-7-16-37-27(36)30-19-25(34)32-24(17-20(2)3)26(35)31-23-12-14-28(15-13-23,33(4)5)18-21-8-10-22(29)11-9-21/h8-11,20,23-24H,6-7,12-19H2,1-5H3,(H,30,36)(H,31,35)(H,32,34). The highest BCUT2D eigenvalue weighted by molar-refractivity contribution is 6.30. The van der Waals surface area contributed by atoms with Gasteiger partial charge in [-0.3, -0.25) is 9.59 Å². The maximum Gasteiger partial charge on any atom is 0.407 e. The van der Waals surface area contributed by atoms with Crippen LogP contribution in [-0.4, -0.2) is 67.7 Å². The van der Waals surface area contributed by atoms with Gasteiger partial charge in [-0.15, -0.1) is 0 Å². The largest absolute Gasteiger partial charge is 0.450 e. The number of carbonyl (C=O) groups is 3. The third-order valence-corrected chi connectivity index (χ3v) is 7.39. The average molecular weight is 537 g/mol. The van der Waals surface area contributed by atoms with Crippen molar-refractivity contribution in [2.75, 3.05) is 27.2 Å². The number of nitrogens with zero attached hydrogens (tertiary/aromatic N) is 1. The number of hydrogen-bond acceptors (Lipinski definition) is 5. The van der Waals surface area contributed by atoms with Crippen LogP contribution < -0.4 is 16.0 Å². The average Bonchev–Trinajstić information content (AvgIpc) is 2.85. The molecule has 1 fully saturated rings. The Morgan fingerprint density at radius 2 is 1.78 bits per heavy atom. The molecule has 0 radical (unpaired) electrons. The summed E-state index contributed by atoms with van der Waals surface area (Å²) < 4.78 is 5.01. The van der Waals surface area contributed by atoms with E-state index in [1.54, 1.807) is 0 Å². The number of alkyl carbamates (subject to hydrolysis) is 1. The van der Waals surface area contributed by atoms with Gasteiger partial charge in [0.05, 0.1) is 6.61 Å². The van der Waals surface area contributed by atoms with Gasteiger partial charge < -0.3 is 25.6 Å². The number of hydrogen-bond donors (Lipinski definition) is 3. The van der Waals surface area contributed by atoms with Crippen molar-refractivity contribution in [2.24, 2.45) is 5.92 Å². The minimum atomic E-state index is -0.653. The molecule has 0 aliphatic heterocycles. The Kier molecular flexibility index (Phi) is 12.7. The van der Waals surface area contributed by atoms with E-state index in [0.29, 0.717) is 13.0 Å². The van der Waals surface area contributed by atoms with Crippen LogP contribution in [0.4, 0.5) is 4.79 Å². The molecule has 3 amide bonds. The second-order valence-corrected chi connectivity index (χ2v) is 11.2. The van der Waals surface area contributed by atoms with Crippen molar-refractivity contribution in [3.63, 3.8) is 0 Å². The minimum Gasteiger partial charge on any atom is -0.450 e. The van der Waals surface area contributed by atoms with Crippen molar-refractivity contribution in [3.05, 3.63) is 34.9 Å². The van der Waals surface area contributed by atoms with Crippen molar-refractivity contribution < 1.29 is 19.1 Å². The van der Waals surface area contributed by atoms with Crippen LogP contribution in [0.15, 0.2) is 24.3 Å². The fourth-order valence-electron chi connectivity index (χ4n) is 4.83. The lowest BCUT2D eigenvalue weighted by Crippen LogP contribution is -2.55. The lowest BCUT2D eigenvalue weighted by Gasteiger charge is -2.45. The van der Waals surface area contributed by atoms with Crippen molar-refractivity contribution in [1.82, 2.24) is 20.9 Å². The lowest BCUT2D eigenvalue weighted by atomic mass is 9.74. The monoisotopic (exact) mass is 536 g/mol. The van der Waals surface area contributed by atoms with E-state index >= 15 is 0 Å². The molecule has 0 aromatic heterocycles. The van der Waals surface area contributed by atoms with Crippen LogP contribution in [-0.2, 0) is 20.7 Å². The molecule has 208 valence electrons. The van der Waals surface area contributed by atoms with Crippen molar-refractivity contribution in [1.29, 1.82) is 0 Å². The van der Waals surface area contributed by atoms with E-state index in [0.717, 1.165) is 50.0 Å². The SMILES string of the molecule is CCCCOC(=O)NCC(=O)NC(CC(C)C)C(=O)NC1CCC(Cc2ccc(Cl)cc2)(N(C)C)CC1. The van der Waals surface area contributed by atoms with Crippen LogP contribution >= 0.6 is 11.6 Å². The minimum absolute atomic E-state index is 0.0258. The van der Waals surface area contributed by atoms with E-state index in [1.165, 1.54) is 5.56 Å². The number of carbonyl (C=O) groups excluding carboxylic acids is 3. The molecule has 0 saturated heterocycles. The van der Waals surface area contributed by atoms with Crippen molar-refractivity contribution >= 4 is 29.5 Å². The Balaban J connectivity index is 1.90. The number of rotatable bonds is 13. The van der Waals surface area contributed by atoms with Gasteiger partial charge in [-0.1, -0.05) is 50.9 Å². The first kappa shape index (κ1) is 30.9. The molecule has 1 unspecified atom stereocenters. The van der Waals surface area contributed by atoms with Crippen LogP contribution in [0.25, 0.3) is 0 Å². The Hall–Kier alpha value is -2.32. The summed E-state index contributed by atoms with van der Waals surface area (Å²) in [7, 11) is 4.24. The van der Waals surface area contributed by atoms with Gasteiger partial charge >= 0.3 is 6.09 Å². The van der Waals surface area contributed by atoms with Gasteiger partial charge in [-0.05, 0) is 82.7 Å². The normalized spacial score (nSPS) is 20.4.